The van der Waals surface area contributed by atoms with Gasteiger partial charge in [-0.2, -0.15) is 0 Å². The van der Waals surface area contributed by atoms with Crippen molar-refractivity contribution in [1.82, 2.24) is 4.90 Å². The smallest absolute Gasteiger partial charge is 0.0902 e. The monoisotopic (exact) mass is 268 g/mol. The van der Waals surface area contributed by atoms with Crippen molar-refractivity contribution < 1.29 is 0 Å². The van der Waals surface area contributed by atoms with Crippen LogP contribution in [0.25, 0.3) is 0 Å². The predicted molar refractivity (Wildman–Crippen MR) is 76.4 cm³/mol. The molecule has 1 aliphatic heterocycles. The predicted octanol–water partition coefficient (Wildman–Crippen LogP) is 2.90. The molecule has 1 heterocycles. The Morgan fingerprint density at radius 1 is 1.59 bits per heavy atom. The Morgan fingerprint density at radius 3 is 3.00 bits per heavy atom. The number of nitrogens with zero attached hydrogens (tertiary/aromatic N) is 1. The van der Waals surface area contributed by atoms with Crippen LogP contribution in [0.2, 0.25) is 5.02 Å². The van der Waals surface area contributed by atoms with Crippen molar-refractivity contribution in [3.63, 3.8) is 0 Å². The van der Waals surface area contributed by atoms with Crippen molar-refractivity contribution >= 4 is 28.8 Å². The minimum absolute atomic E-state index is 0.238. The van der Waals surface area contributed by atoms with Gasteiger partial charge in [0, 0.05) is 11.6 Å². The molecule has 17 heavy (non-hydrogen) atoms. The molecule has 92 valence electrons. The van der Waals surface area contributed by atoms with Crippen LogP contribution in [0, 0.1) is 6.92 Å². The van der Waals surface area contributed by atoms with Crippen LogP contribution in [0.15, 0.2) is 18.2 Å². The quantitative estimate of drug-likeness (QED) is 0.855. The van der Waals surface area contributed by atoms with Crippen LogP contribution in [-0.2, 0) is 6.54 Å². The van der Waals surface area contributed by atoms with E-state index in [0.717, 1.165) is 36.5 Å². The van der Waals surface area contributed by atoms with E-state index in [9.17, 15) is 0 Å². The Balaban J connectivity index is 2.12. The number of hydrogen-bond acceptors (Lipinski definition) is 2. The van der Waals surface area contributed by atoms with Crippen LogP contribution >= 0.6 is 23.8 Å². The van der Waals surface area contributed by atoms with Gasteiger partial charge in [0.25, 0.3) is 0 Å². The van der Waals surface area contributed by atoms with Crippen LogP contribution in [0.3, 0.4) is 0 Å². The second-order valence-corrected chi connectivity index (χ2v) is 5.50. The summed E-state index contributed by atoms with van der Waals surface area (Å²) in [5.41, 5.74) is 8.10. The molecular weight excluding hydrogens is 252 g/mol. The highest BCUT2D eigenvalue weighted by Crippen LogP contribution is 2.24. The second kappa shape index (κ2) is 5.34. The fraction of sp³-hybridized carbons (Fsp3) is 0.462. The summed E-state index contributed by atoms with van der Waals surface area (Å²) in [6.45, 7) is 3.93. The molecule has 0 aromatic heterocycles. The van der Waals surface area contributed by atoms with Crippen molar-refractivity contribution in [2.45, 2.75) is 32.4 Å². The summed E-state index contributed by atoms with van der Waals surface area (Å²) in [6.07, 6.45) is 2.23. The molecule has 1 aliphatic rings. The fourth-order valence-electron chi connectivity index (χ4n) is 2.34. The molecule has 0 radical (unpaired) electrons. The highest BCUT2D eigenvalue weighted by molar-refractivity contribution is 7.80. The van der Waals surface area contributed by atoms with Crippen LogP contribution in [0.5, 0.6) is 0 Å². The van der Waals surface area contributed by atoms with E-state index in [1.165, 1.54) is 5.56 Å². The highest BCUT2D eigenvalue weighted by atomic mass is 35.5. The molecule has 0 bridgehead atoms. The van der Waals surface area contributed by atoms with E-state index in [1.807, 2.05) is 13.0 Å². The number of hydrogen-bond donors (Lipinski definition) is 1. The molecule has 0 aliphatic carbocycles. The topological polar surface area (TPSA) is 29.3 Å². The van der Waals surface area contributed by atoms with Gasteiger partial charge in [-0.05, 0) is 43.5 Å². The second-order valence-electron chi connectivity index (χ2n) is 4.63. The molecule has 4 heteroatoms. The first-order valence-corrected chi connectivity index (χ1v) is 6.65. The fourth-order valence-corrected chi connectivity index (χ4v) is 2.90. The highest BCUT2D eigenvalue weighted by Gasteiger charge is 2.26. The Hall–Kier alpha value is -0.640. The zero-order valence-corrected chi connectivity index (χ0v) is 11.5. The number of benzene rings is 1. The van der Waals surface area contributed by atoms with Gasteiger partial charge in [-0.25, -0.2) is 0 Å². The summed E-state index contributed by atoms with van der Waals surface area (Å²) >= 11 is 11.3. The third kappa shape index (κ3) is 2.97. The first kappa shape index (κ1) is 12.8. The lowest BCUT2D eigenvalue weighted by atomic mass is 10.1. The van der Waals surface area contributed by atoms with E-state index in [4.69, 9.17) is 29.6 Å². The van der Waals surface area contributed by atoms with Gasteiger partial charge in [0.1, 0.15) is 0 Å². The molecular formula is C13H17ClN2S. The van der Waals surface area contributed by atoms with Gasteiger partial charge in [-0.1, -0.05) is 36.0 Å². The summed E-state index contributed by atoms with van der Waals surface area (Å²) < 4.78 is 0. The van der Waals surface area contributed by atoms with Crippen molar-refractivity contribution in [3.05, 3.63) is 34.3 Å². The summed E-state index contributed by atoms with van der Waals surface area (Å²) in [5.74, 6) is 0. The number of rotatable bonds is 3. The van der Waals surface area contributed by atoms with Crippen molar-refractivity contribution in [1.29, 1.82) is 0 Å². The summed E-state index contributed by atoms with van der Waals surface area (Å²) in [4.78, 5) is 2.92. The molecule has 0 amide bonds. The molecule has 1 aromatic carbocycles. The number of nitrogens with two attached hydrogens (primary N) is 1. The first-order valence-electron chi connectivity index (χ1n) is 5.86. The van der Waals surface area contributed by atoms with E-state index in [0.29, 0.717) is 4.99 Å². The molecule has 1 atom stereocenters. The minimum atomic E-state index is 0.238. The lowest BCUT2D eigenvalue weighted by molar-refractivity contribution is 0.295. The lowest BCUT2D eigenvalue weighted by Crippen LogP contribution is -2.38. The van der Waals surface area contributed by atoms with Gasteiger partial charge < -0.3 is 5.73 Å². The average Bonchev–Trinajstić information content (AvgIpc) is 2.70. The molecule has 1 fully saturated rings. The number of likely N-dealkylation sites (tertiary alicyclic amines) is 1. The van der Waals surface area contributed by atoms with E-state index < -0.39 is 0 Å². The number of halogens is 1. The maximum atomic E-state index is 6.24. The van der Waals surface area contributed by atoms with Crippen LogP contribution < -0.4 is 5.73 Å². The largest absolute Gasteiger partial charge is 0.392 e. The summed E-state index contributed by atoms with van der Waals surface area (Å²) in [6, 6.07) is 6.42. The van der Waals surface area contributed by atoms with Gasteiger partial charge in [0.05, 0.1) is 11.0 Å². The van der Waals surface area contributed by atoms with Crippen LogP contribution in [0.1, 0.15) is 24.0 Å². The third-order valence-electron chi connectivity index (χ3n) is 3.27. The van der Waals surface area contributed by atoms with Gasteiger partial charge in [0.15, 0.2) is 0 Å². The van der Waals surface area contributed by atoms with Gasteiger partial charge in [0.2, 0.25) is 0 Å². The molecule has 1 aromatic rings. The summed E-state index contributed by atoms with van der Waals surface area (Å²) in [7, 11) is 0. The Labute approximate surface area is 113 Å². The third-order valence-corrected chi connectivity index (χ3v) is 3.90. The average molecular weight is 269 g/mol. The van der Waals surface area contributed by atoms with Gasteiger partial charge in [-0.15, -0.1) is 0 Å². The van der Waals surface area contributed by atoms with Crippen molar-refractivity contribution in [2.24, 2.45) is 5.73 Å². The molecule has 0 saturated carbocycles. The standard InChI is InChI=1S/C13H17ClN2S/c1-9-4-5-10(11(14)7-9)8-16-6-2-3-12(16)13(15)17/h4-5,7,12H,2-3,6,8H2,1H3,(H2,15,17). The van der Waals surface area contributed by atoms with E-state index in [1.54, 1.807) is 0 Å². The van der Waals surface area contributed by atoms with E-state index in [2.05, 4.69) is 17.0 Å². The van der Waals surface area contributed by atoms with Gasteiger partial charge >= 0.3 is 0 Å². The Morgan fingerprint density at radius 2 is 2.35 bits per heavy atom. The first-order chi connectivity index (χ1) is 8.08. The van der Waals surface area contributed by atoms with Gasteiger partial charge in [-0.3, -0.25) is 4.90 Å². The van der Waals surface area contributed by atoms with Crippen LogP contribution in [0.4, 0.5) is 0 Å². The maximum Gasteiger partial charge on any atom is 0.0902 e. The van der Waals surface area contributed by atoms with E-state index in [-0.39, 0.29) is 6.04 Å². The number of aryl methyl sites for hydroxylation is 1. The molecule has 1 saturated heterocycles. The zero-order chi connectivity index (χ0) is 12.4. The minimum Gasteiger partial charge on any atom is -0.392 e. The molecule has 2 N–H and O–H groups in total. The molecule has 0 spiro atoms. The molecule has 2 rings (SSSR count). The molecule has 1 unspecified atom stereocenters. The van der Waals surface area contributed by atoms with Crippen molar-refractivity contribution in [2.75, 3.05) is 6.54 Å². The SMILES string of the molecule is Cc1ccc(CN2CCCC2C(N)=S)c(Cl)c1. The van der Waals surface area contributed by atoms with Crippen LogP contribution in [-0.4, -0.2) is 22.5 Å². The summed E-state index contributed by atoms with van der Waals surface area (Å²) in [5, 5.41) is 0.832. The number of thiocarbonyl (C=S) groups is 1. The molecule has 2 nitrogen and oxygen atoms in total. The zero-order valence-electron chi connectivity index (χ0n) is 9.95. The lowest BCUT2D eigenvalue weighted by Gasteiger charge is -2.23. The van der Waals surface area contributed by atoms with E-state index >= 15 is 0 Å². The normalized spacial score (nSPS) is 20.7. The Kier molecular flexibility index (Phi) is 4.02. The Bertz CT molecular complexity index is 433. The maximum absolute atomic E-state index is 6.24. The van der Waals surface area contributed by atoms with Crippen molar-refractivity contribution in [3.8, 4) is 0 Å².